The predicted molar refractivity (Wildman–Crippen MR) is 72.1 cm³/mol. The summed E-state index contributed by atoms with van der Waals surface area (Å²) in [5.41, 5.74) is 0.517. The number of nitrogens with zero attached hydrogens (tertiary/aromatic N) is 1. The van der Waals surface area contributed by atoms with Crippen molar-refractivity contribution in [3.63, 3.8) is 0 Å². The van der Waals surface area contributed by atoms with Crippen LogP contribution in [0.4, 0.5) is 0 Å². The van der Waals surface area contributed by atoms with Crippen molar-refractivity contribution in [1.29, 1.82) is 0 Å². The fourth-order valence-electron chi connectivity index (χ4n) is 2.20. The Morgan fingerprint density at radius 2 is 2.05 bits per heavy atom. The van der Waals surface area contributed by atoms with E-state index >= 15 is 0 Å². The Kier molecular flexibility index (Phi) is 3.97. The molecule has 1 saturated heterocycles. The van der Waals surface area contributed by atoms with E-state index < -0.39 is 5.66 Å². The Hall–Kier alpha value is -1.72. The van der Waals surface area contributed by atoms with E-state index in [0.29, 0.717) is 6.54 Å². The first kappa shape index (κ1) is 13.7. The highest BCUT2D eigenvalue weighted by atomic mass is 16.2. The molecule has 1 aliphatic heterocycles. The Bertz CT molecular complexity index is 471. The first-order chi connectivity index (χ1) is 9.00. The van der Waals surface area contributed by atoms with Crippen LogP contribution in [0, 0.1) is 0 Å². The van der Waals surface area contributed by atoms with Gasteiger partial charge in [-0.05, 0) is 19.4 Å². The van der Waals surface area contributed by atoms with Gasteiger partial charge in [0.1, 0.15) is 0 Å². The number of rotatable bonds is 4. The summed E-state index contributed by atoms with van der Waals surface area (Å²) in [5, 5.41) is 6.08. The number of carbonyl (C=O) groups excluding carboxylic acids is 2. The minimum absolute atomic E-state index is 0.158. The Morgan fingerprint density at radius 1 is 1.37 bits per heavy atom. The summed E-state index contributed by atoms with van der Waals surface area (Å²) in [6, 6.07) is 9.84. The molecule has 5 heteroatoms. The average Bonchev–Trinajstić information content (AvgIpc) is 2.64. The Labute approximate surface area is 113 Å². The van der Waals surface area contributed by atoms with Crippen LogP contribution in [-0.2, 0) is 16.1 Å². The first-order valence-corrected chi connectivity index (χ1v) is 6.36. The Balaban J connectivity index is 1.86. The molecule has 102 valence electrons. The fourth-order valence-corrected chi connectivity index (χ4v) is 2.20. The maximum atomic E-state index is 12.1. The molecule has 2 N–H and O–H groups in total. The smallest absolute Gasteiger partial charge is 0.244 e. The summed E-state index contributed by atoms with van der Waals surface area (Å²) in [5.74, 6) is -0.368. The van der Waals surface area contributed by atoms with Crippen molar-refractivity contribution in [1.82, 2.24) is 15.5 Å². The van der Waals surface area contributed by atoms with Crippen molar-refractivity contribution in [3.05, 3.63) is 35.9 Å². The average molecular weight is 261 g/mol. The van der Waals surface area contributed by atoms with Crippen LogP contribution in [0.25, 0.3) is 0 Å². The maximum Gasteiger partial charge on any atom is 0.244 e. The van der Waals surface area contributed by atoms with Crippen molar-refractivity contribution in [2.75, 3.05) is 13.1 Å². The van der Waals surface area contributed by atoms with Gasteiger partial charge in [-0.15, -0.1) is 0 Å². The van der Waals surface area contributed by atoms with Crippen molar-refractivity contribution in [2.45, 2.75) is 26.1 Å². The molecule has 1 heterocycles. The summed E-state index contributed by atoms with van der Waals surface area (Å²) >= 11 is 0. The van der Waals surface area contributed by atoms with Gasteiger partial charge in [0, 0.05) is 6.54 Å². The second kappa shape index (κ2) is 5.50. The third-order valence-electron chi connectivity index (χ3n) is 3.18. The number of imide groups is 1. The molecular weight excluding hydrogens is 242 g/mol. The molecule has 1 aliphatic rings. The fraction of sp³-hybridized carbons (Fsp3) is 0.429. The van der Waals surface area contributed by atoms with Gasteiger partial charge in [-0.2, -0.15) is 0 Å². The van der Waals surface area contributed by atoms with E-state index in [0.717, 1.165) is 5.56 Å². The van der Waals surface area contributed by atoms with Crippen molar-refractivity contribution >= 4 is 11.8 Å². The molecule has 5 nitrogen and oxygen atoms in total. The Morgan fingerprint density at radius 3 is 2.63 bits per heavy atom. The zero-order chi connectivity index (χ0) is 13.9. The van der Waals surface area contributed by atoms with Crippen LogP contribution in [-0.4, -0.2) is 35.5 Å². The molecule has 0 saturated carbocycles. The van der Waals surface area contributed by atoms with Crippen LogP contribution in [0.2, 0.25) is 0 Å². The lowest BCUT2D eigenvalue weighted by molar-refractivity contribution is -0.145. The lowest BCUT2D eigenvalue weighted by Gasteiger charge is -2.29. The number of hydrogen-bond donors (Lipinski definition) is 2. The van der Waals surface area contributed by atoms with Crippen LogP contribution in [0.1, 0.15) is 19.4 Å². The molecule has 0 aliphatic carbocycles. The lowest BCUT2D eigenvalue weighted by atomic mass is 10.2. The van der Waals surface area contributed by atoms with Crippen LogP contribution >= 0.6 is 0 Å². The third-order valence-corrected chi connectivity index (χ3v) is 3.18. The molecule has 0 bridgehead atoms. The largest absolute Gasteiger partial charge is 0.304 e. The standard InChI is InChI=1S/C14H19N3O2/c1-14(2)16-10-13(19)17(14)12(18)9-15-8-11-6-4-3-5-7-11/h3-7,15-16H,8-10H2,1-2H3. The van der Waals surface area contributed by atoms with E-state index in [2.05, 4.69) is 10.6 Å². The highest BCUT2D eigenvalue weighted by Gasteiger charge is 2.40. The van der Waals surface area contributed by atoms with Crippen molar-refractivity contribution < 1.29 is 9.59 Å². The summed E-state index contributed by atoms with van der Waals surface area (Å²) in [6.07, 6.45) is 0. The molecule has 0 radical (unpaired) electrons. The maximum absolute atomic E-state index is 12.1. The molecular formula is C14H19N3O2. The molecule has 0 spiro atoms. The zero-order valence-electron chi connectivity index (χ0n) is 11.3. The summed E-state index contributed by atoms with van der Waals surface area (Å²) in [4.78, 5) is 25.0. The molecule has 0 aromatic heterocycles. The number of carbonyl (C=O) groups is 2. The van der Waals surface area contributed by atoms with Crippen molar-refractivity contribution in [2.24, 2.45) is 0 Å². The second-order valence-corrected chi connectivity index (χ2v) is 5.12. The van der Waals surface area contributed by atoms with Gasteiger partial charge in [0.05, 0.1) is 18.8 Å². The van der Waals surface area contributed by atoms with Gasteiger partial charge in [-0.1, -0.05) is 30.3 Å². The predicted octanol–water partition coefficient (Wildman–Crippen LogP) is 0.471. The second-order valence-electron chi connectivity index (χ2n) is 5.12. The quantitative estimate of drug-likeness (QED) is 0.827. The third kappa shape index (κ3) is 3.19. The highest BCUT2D eigenvalue weighted by molar-refractivity contribution is 5.99. The molecule has 1 aromatic rings. The molecule has 2 amide bonds. The van der Waals surface area contributed by atoms with Gasteiger partial charge in [0.25, 0.3) is 0 Å². The van der Waals surface area contributed by atoms with Crippen LogP contribution in [0.3, 0.4) is 0 Å². The van der Waals surface area contributed by atoms with Crippen LogP contribution in [0.5, 0.6) is 0 Å². The van der Waals surface area contributed by atoms with Gasteiger partial charge in [-0.3, -0.25) is 19.8 Å². The summed E-state index contributed by atoms with van der Waals surface area (Å²) < 4.78 is 0. The lowest BCUT2D eigenvalue weighted by Crippen LogP contribution is -2.52. The van der Waals surface area contributed by atoms with Gasteiger partial charge in [0.15, 0.2) is 0 Å². The molecule has 2 rings (SSSR count). The monoisotopic (exact) mass is 261 g/mol. The van der Waals surface area contributed by atoms with Gasteiger partial charge in [-0.25, -0.2) is 0 Å². The van der Waals surface area contributed by atoms with E-state index in [-0.39, 0.29) is 24.9 Å². The number of benzene rings is 1. The number of hydrogen-bond acceptors (Lipinski definition) is 4. The molecule has 1 fully saturated rings. The van der Waals surface area contributed by atoms with Gasteiger partial charge < -0.3 is 5.32 Å². The minimum atomic E-state index is -0.595. The highest BCUT2D eigenvalue weighted by Crippen LogP contribution is 2.16. The topological polar surface area (TPSA) is 61.4 Å². The van der Waals surface area contributed by atoms with E-state index in [1.54, 1.807) is 0 Å². The van der Waals surface area contributed by atoms with Gasteiger partial charge in [0.2, 0.25) is 11.8 Å². The van der Waals surface area contributed by atoms with Crippen molar-refractivity contribution in [3.8, 4) is 0 Å². The molecule has 19 heavy (non-hydrogen) atoms. The normalized spacial score (nSPS) is 17.8. The first-order valence-electron chi connectivity index (χ1n) is 6.36. The minimum Gasteiger partial charge on any atom is -0.304 e. The number of amides is 2. The van der Waals surface area contributed by atoms with E-state index in [1.807, 2.05) is 44.2 Å². The SMILES string of the molecule is CC1(C)NCC(=O)N1C(=O)CNCc1ccccc1. The number of nitrogens with one attached hydrogen (secondary N) is 2. The van der Waals surface area contributed by atoms with Crippen LogP contribution < -0.4 is 10.6 Å². The molecule has 1 aromatic carbocycles. The zero-order valence-corrected chi connectivity index (χ0v) is 11.3. The van der Waals surface area contributed by atoms with E-state index in [9.17, 15) is 9.59 Å². The molecule has 0 atom stereocenters. The summed E-state index contributed by atoms with van der Waals surface area (Å²) in [7, 11) is 0. The van der Waals surface area contributed by atoms with Crippen LogP contribution in [0.15, 0.2) is 30.3 Å². The van der Waals surface area contributed by atoms with E-state index in [4.69, 9.17) is 0 Å². The van der Waals surface area contributed by atoms with Gasteiger partial charge >= 0.3 is 0 Å². The summed E-state index contributed by atoms with van der Waals surface area (Å²) in [6.45, 7) is 4.64. The molecule has 0 unspecified atom stereocenters. The van der Waals surface area contributed by atoms with E-state index in [1.165, 1.54) is 4.90 Å².